The Morgan fingerprint density at radius 1 is 1.33 bits per heavy atom. The molecule has 3 rings (SSSR count). The van der Waals surface area contributed by atoms with Gasteiger partial charge in [-0.3, -0.25) is 4.79 Å². The van der Waals surface area contributed by atoms with Crippen LogP contribution < -0.4 is 5.56 Å². The number of nitrogens with one attached hydrogen (secondary N) is 1. The molecule has 0 spiro atoms. The largest absolute Gasteiger partial charge is 0.462 e. The fourth-order valence-electron chi connectivity index (χ4n) is 1.78. The molecule has 90 valence electrons. The maximum Gasteiger partial charge on any atom is 0.275 e. The van der Waals surface area contributed by atoms with Crippen molar-refractivity contribution in [2.24, 2.45) is 0 Å². The SMILES string of the molecule is O=c1[nH]nc(-c2cc(F)cc(Cl)c2)c2occc12. The zero-order valence-corrected chi connectivity index (χ0v) is 9.66. The molecule has 0 bridgehead atoms. The number of benzene rings is 1. The van der Waals surface area contributed by atoms with Gasteiger partial charge in [-0.25, -0.2) is 9.49 Å². The van der Waals surface area contributed by atoms with Crippen LogP contribution in [0.5, 0.6) is 0 Å². The summed E-state index contributed by atoms with van der Waals surface area (Å²) in [5.41, 5.74) is 0.734. The summed E-state index contributed by atoms with van der Waals surface area (Å²) < 4.78 is 18.5. The van der Waals surface area contributed by atoms with Gasteiger partial charge in [-0.05, 0) is 24.3 Å². The minimum atomic E-state index is -0.481. The molecule has 0 fully saturated rings. The number of fused-ring (bicyclic) bond motifs is 1. The van der Waals surface area contributed by atoms with Gasteiger partial charge in [0.15, 0.2) is 5.58 Å². The first kappa shape index (κ1) is 11.0. The lowest BCUT2D eigenvalue weighted by Gasteiger charge is -2.02. The van der Waals surface area contributed by atoms with E-state index in [0.717, 1.165) is 0 Å². The number of furan rings is 1. The summed E-state index contributed by atoms with van der Waals surface area (Å²) in [5.74, 6) is -0.481. The number of aromatic nitrogens is 2. The number of aromatic amines is 1. The molecule has 6 heteroatoms. The molecule has 0 aliphatic heterocycles. The smallest absolute Gasteiger partial charge is 0.275 e. The highest BCUT2D eigenvalue weighted by Gasteiger charge is 2.13. The maximum absolute atomic E-state index is 13.3. The summed E-state index contributed by atoms with van der Waals surface area (Å²) in [4.78, 5) is 11.5. The van der Waals surface area contributed by atoms with Crippen LogP contribution >= 0.6 is 11.6 Å². The van der Waals surface area contributed by atoms with Crippen molar-refractivity contribution in [1.29, 1.82) is 0 Å². The van der Waals surface area contributed by atoms with Crippen molar-refractivity contribution in [1.82, 2.24) is 10.2 Å². The third-order valence-corrected chi connectivity index (χ3v) is 2.75. The van der Waals surface area contributed by atoms with Crippen molar-refractivity contribution in [2.75, 3.05) is 0 Å². The molecule has 0 aliphatic carbocycles. The Morgan fingerprint density at radius 3 is 2.94 bits per heavy atom. The van der Waals surface area contributed by atoms with Crippen LogP contribution in [0.1, 0.15) is 0 Å². The Hall–Kier alpha value is -2.14. The second kappa shape index (κ2) is 3.96. The molecular weight excluding hydrogens is 259 g/mol. The van der Waals surface area contributed by atoms with E-state index in [2.05, 4.69) is 10.2 Å². The summed E-state index contributed by atoms with van der Waals surface area (Å²) in [7, 11) is 0. The predicted molar refractivity (Wildman–Crippen MR) is 65.0 cm³/mol. The molecule has 0 unspecified atom stereocenters. The van der Waals surface area contributed by atoms with E-state index in [9.17, 15) is 9.18 Å². The monoisotopic (exact) mass is 264 g/mol. The molecule has 4 nitrogen and oxygen atoms in total. The van der Waals surface area contributed by atoms with Crippen LogP contribution in [0.15, 0.2) is 39.7 Å². The van der Waals surface area contributed by atoms with Crippen LogP contribution in [0.3, 0.4) is 0 Å². The number of halogens is 2. The Bertz CT molecular complexity index is 774. The van der Waals surface area contributed by atoms with Gasteiger partial charge in [0.05, 0.1) is 11.6 Å². The fourth-order valence-corrected chi connectivity index (χ4v) is 2.00. The first-order valence-electron chi connectivity index (χ1n) is 5.07. The van der Waals surface area contributed by atoms with E-state index < -0.39 is 5.82 Å². The van der Waals surface area contributed by atoms with Gasteiger partial charge in [-0.2, -0.15) is 5.10 Å². The maximum atomic E-state index is 13.3. The molecule has 0 amide bonds. The number of nitrogens with zero attached hydrogens (tertiary/aromatic N) is 1. The van der Waals surface area contributed by atoms with Crippen LogP contribution in [0.25, 0.3) is 22.2 Å². The summed E-state index contributed by atoms with van der Waals surface area (Å²) in [6.07, 6.45) is 1.38. The number of rotatable bonds is 1. The van der Waals surface area contributed by atoms with Crippen LogP contribution in [0.2, 0.25) is 5.02 Å². The van der Waals surface area contributed by atoms with Crippen molar-refractivity contribution in [2.45, 2.75) is 0 Å². The van der Waals surface area contributed by atoms with Crippen molar-refractivity contribution in [3.8, 4) is 11.3 Å². The zero-order valence-electron chi connectivity index (χ0n) is 8.91. The molecule has 1 aromatic carbocycles. The first-order valence-corrected chi connectivity index (χ1v) is 5.45. The topological polar surface area (TPSA) is 58.9 Å². The van der Waals surface area contributed by atoms with E-state index >= 15 is 0 Å². The van der Waals surface area contributed by atoms with Gasteiger partial charge in [0.2, 0.25) is 0 Å². The summed E-state index contributed by atoms with van der Waals surface area (Å²) in [5, 5.41) is 6.82. The van der Waals surface area contributed by atoms with E-state index in [1.807, 2.05) is 0 Å². The van der Waals surface area contributed by atoms with E-state index in [-0.39, 0.29) is 10.6 Å². The Labute approximate surface area is 105 Å². The van der Waals surface area contributed by atoms with Gasteiger partial charge in [0, 0.05) is 10.6 Å². The Kier molecular flexibility index (Phi) is 2.41. The first-order chi connectivity index (χ1) is 8.65. The molecule has 0 aliphatic rings. The molecule has 18 heavy (non-hydrogen) atoms. The van der Waals surface area contributed by atoms with Crippen molar-refractivity contribution < 1.29 is 8.81 Å². The molecule has 1 N–H and O–H groups in total. The van der Waals surface area contributed by atoms with Crippen LogP contribution in [0, 0.1) is 5.82 Å². The van der Waals surface area contributed by atoms with Crippen molar-refractivity contribution >= 4 is 22.6 Å². The third kappa shape index (κ3) is 1.69. The third-order valence-electron chi connectivity index (χ3n) is 2.53. The normalized spacial score (nSPS) is 11.0. The number of H-pyrrole nitrogens is 1. The molecule has 2 aromatic heterocycles. The lowest BCUT2D eigenvalue weighted by Crippen LogP contribution is -2.08. The highest BCUT2D eigenvalue weighted by Crippen LogP contribution is 2.27. The Balaban J connectivity index is 2.35. The predicted octanol–water partition coefficient (Wildman–Crippen LogP) is 2.98. The quantitative estimate of drug-likeness (QED) is 0.735. The van der Waals surface area contributed by atoms with Crippen molar-refractivity contribution in [3.05, 3.63) is 51.7 Å². The van der Waals surface area contributed by atoms with E-state index in [0.29, 0.717) is 22.2 Å². The Morgan fingerprint density at radius 2 is 2.17 bits per heavy atom. The van der Waals surface area contributed by atoms with E-state index in [4.69, 9.17) is 16.0 Å². The summed E-state index contributed by atoms with van der Waals surface area (Å²) in [6.45, 7) is 0. The van der Waals surface area contributed by atoms with Crippen LogP contribution in [-0.4, -0.2) is 10.2 Å². The minimum absolute atomic E-state index is 0.248. The molecule has 0 saturated heterocycles. The van der Waals surface area contributed by atoms with Gasteiger partial charge in [0.1, 0.15) is 11.5 Å². The highest BCUT2D eigenvalue weighted by atomic mass is 35.5. The zero-order chi connectivity index (χ0) is 12.7. The summed E-state index contributed by atoms with van der Waals surface area (Å²) >= 11 is 5.79. The van der Waals surface area contributed by atoms with E-state index in [1.54, 1.807) is 6.07 Å². The second-order valence-electron chi connectivity index (χ2n) is 3.72. The van der Waals surface area contributed by atoms with Gasteiger partial charge in [0.25, 0.3) is 5.56 Å². The average molecular weight is 265 g/mol. The van der Waals surface area contributed by atoms with Crippen LogP contribution in [-0.2, 0) is 0 Å². The minimum Gasteiger partial charge on any atom is -0.462 e. The number of hydrogen-bond donors (Lipinski definition) is 1. The standard InChI is InChI=1S/C12H6ClFN2O2/c13-7-3-6(4-8(14)5-7)10-11-9(1-2-18-11)12(17)16-15-10/h1-5H,(H,16,17). The number of hydrogen-bond acceptors (Lipinski definition) is 3. The highest BCUT2D eigenvalue weighted by molar-refractivity contribution is 6.30. The molecular formula is C12H6ClFN2O2. The van der Waals surface area contributed by atoms with E-state index in [1.165, 1.54) is 24.5 Å². The molecule has 0 atom stereocenters. The van der Waals surface area contributed by atoms with Crippen molar-refractivity contribution in [3.63, 3.8) is 0 Å². The average Bonchev–Trinajstić information content (AvgIpc) is 2.77. The van der Waals surface area contributed by atoms with Crippen LogP contribution in [0.4, 0.5) is 4.39 Å². The molecule has 0 saturated carbocycles. The molecule has 2 heterocycles. The van der Waals surface area contributed by atoms with Gasteiger partial charge in [-0.15, -0.1) is 0 Å². The van der Waals surface area contributed by atoms with Gasteiger partial charge in [-0.1, -0.05) is 11.6 Å². The lowest BCUT2D eigenvalue weighted by atomic mass is 10.1. The fraction of sp³-hybridized carbons (Fsp3) is 0. The molecule has 0 radical (unpaired) electrons. The molecule has 3 aromatic rings. The van der Waals surface area contributed by atoms with Gasteiger partial charge >= 0.3 is 0 Å². The second-order valence-corrected chi connectivity index (χ2v) is 4.16. The summed E-state index contributed by atoms with van der Waals surface area (Å²) in [6, 6.07) is 5.54. The van der Waals surface area contributed by atoms with Gasteiger partial charge < -0.3 is 4.42 Å². The lowest BCUT2D eigenvalue weighted by molar-refractivity contribution is 0.613.